The van der Waals surface area contributed by atoms with E-state index in [1.54, 1.807) is 5.38 Å². The van der Waals surface area contributed by atoms with Crippen LogP contribution in [0.1, 0.15) is 19.3 Å². The van der Waals surface area contributed by atoms with Crippen LogP contribution in [0.4, 0.5) is 17.1 Å². The third-order valence-electron chi connectivity index (χ3n) is 3.44. The number of nitrogens with one attached hydrogen (secondary N) is 2. The highest BCUT2D eigenvalue weighted by molar-refractivity contribution is 7.03. The maximum absolute atomic E-state index is 11.4. The Morgan fingerprint density at radius 1 is 1.11 bits per heavy atom. The fraction of sp³-hybridized carbons (Fsp3) is 0.357. The molecule has 1 saturated heterocycles. The zero-order valence-electron chi connectivity index (χ0n) is 10.7. The lowest BCUT2D eigenvalue weighted by molar-refractivity contribution is 0.578. The average molecular weight is 275 g/mol. The van der Waals surface area contributed by atoms with Crippen molar-refractivity contribution in [2.45, 2.75) is 19.3 Å². The predicted octanol–water partition coefficient (Wildman–Crippen LogP) is 3.17. The number of hydrogen-bond acceptors (Lipinski definition) is 4. The minimum Gasteiger partial charge on any atom is -0.372 e. The van der Waals surface area contributed by atoms with E-state index in [4.69, 9.17) is 0 Å². The van der Waals surface area contributed by atoms with E-state index in [0.29, 0.717) is 5.69 Å². The van der Waals surface area contributed by atoms with Crippen molar-refractivity contribution < 1.29 is 0 Å². The lowest BCUT2D eigenvalue weighted by atomic mass is 10.1. The van der Waals surface area contributed by atoms with E-state index in [1.807, 2.05) is 12.1 Å². The Morgan fingerprint density at radius 3 is 2.47 bits per heavy atom. The highest BCUT2D eigenvalue weighted by Crippen LogP contribution is 2.23. The fourth-order valence-electron chi connectivity index (χ4n) is 2.40. The molecule has 0 amide bonds. The molecule has 5 heteroatoms. The summed E-state index contributed by atoms with van der Waals surface area (Å²) in [6, 6.07) is 8.30. The summed E-state index contributed by atoms with van der Waals surface area (Å²) >= 11 is 1.30. The van der Waals surface area contributed by atoms with Gasteiger partial charge in [-0.15, -0.1) is 0 Å². The molecule has 0 saturated carbocycles. The molecule has 1 aliphatic rings. The van der Waals surface area contributed by atoms with Crippen molar-refractivity contribution in [3.8, 4) is 0 Å². The van der Waals surface area contributed by atoms with Gasteiger partial charge in [-0.25, -0.2) is 0 Å². The first-order valence-corrected chi connectivity index (χ1v) is 7.49. The summed E-state index contributed by atoms with van der Waals surface area (Å²) < 4.78 is 2.67. The number of aromatic amines is 1. The van der Waals surface area contributed by atoms with E-state index in [-0.39, 0.29) is 5.56 Å². The Morgan fingerprint density at radius 2 is 1.84 bits per heavy atom. The van der Waals surface area contributed by atoms with E-state index in [1.165, 1.54) is 36.5 Å². The van der Waals surface area contributed by atoms with Gasteiger partial charge in [0, 0.05) is 29.8 Å². The Balaban J connectivity index is 1.72. The SMILES string of the molecule is O=c1[nH]scc1Nc1ccc(N2CCCCC2)cc1. The molecule has 0 aliphatic carbocycles. The Hall–Kier alpha value is -1.75. The van der Waals surface area contributed by atoms with Gasteiger partial charge in [0.2, 0.25) is 0 Å². The van der Waals surface area contributed by atoms with E-state index in [0.717, 1.165) is 18.8 Å². The number of nitrogens with zero attached hydrogens (tertiary/aromatic N) is 1. The first-order chi connectivity index (χ1) is 9.33. The van der Waals surface area contributed by atoms with Crippen LogP contribution in [0.5, 0.6) is 0 Å². The molecular weight excluding hydrogens is 258 g/mol. The molecule has 1 aromatic heterocycles. The molecule has 0 radical (unpaired) electrons. The Bertz CT molecular complexity index is 581. The van der Waals surface area contributed by atoms with E-state index in [9.17, 15) is 4.79 Å². The molecule has 0 unspecified atom stereocenters. The zero-order chi connectivity index (χ0) is 13.1. The summed E-state index contributed by atoms with van der Waals surface area (Å²) in [5.74, 6) is 0. The predicted molar refractivity (Wildman–Crippen MR) is 80.7 cm³/mol. The van der Waals surface area contributed by atoms with Crippen molar-refractivity contribution in [3.05, 3.63) is 40.0 Å². The maximum Gasteiger partial charge on any atom is 0.281 e. The second kappa shape index (κ2) is 5.48. The van der Waals surface area contributed by atoms with E-state index < -0.39 is 0 Å². The molecule has 0 bridgehead atoms. The summed E-state index contributed by atoms with van der Waals surface area (Å²) in [6.45, 7) is 2.30. The first-order valence-electron chi connectivity index (χ1n) is 6.61. The third-order valence-corrected chi connectivity index (χ3v) is 4.10. The van der Waals surface area contributed by atoms with Crippen molar-refractivity contribution in [2.75, 3.05) is 23.3 Å². The number of rotatable bonds is 3. The van der Waals surface area contributed by atoms with Crippen LogP contribution in [0.3, 0.4) is 0 Å². The van der Waals surface area contributed by atoms with Crippen LogP contribution in [0.15, 0.2) is 34.4 Å². The highest BCUT2D eigenvalue weighted by atomic mass is 32.1. The quantitative estimate of drug-likeness (QED) is 0.904. The lowest BCUT2D eigenvalue weighted by Gasteiger charge is -2.28. The van der Waals surface area contributed by atoms with Gasteiger partial charge in [-0.2, -0.15) is 0 Å². The minimum absolute atomic E-state index is 0.0647. The third kappa shape index (κ3) is 2.81. The van der Waals surface area contributed by atoms with Gasteiger partial charge >= 0.3 is 0 Å². The van der Waals surface area contributed by atoms with Crippen molar-refractivity contribution in [1.29, 1.82) is 0 Å². The summed E-state index contributed by atoms with van der Waals surface area (Å²) in [4.78, 5) is 13.8. The number of H-pyrrole nitrogens is 1. The normalized spacial score (nSPS) is 15.5. The minimum atomic E-state index is -0.0647. The van der Waals surface area contributed by atoms with Crippen LogP contribution < -0.4 is 15.8 Å². The second-order valence-electron chi connectivity index (χ2n) is 4.80. The molecule has 0 atom stereocenters. The van der Waals surface area contributed by atoms with Crippen molar-refractivity contribution >= 4 is 28.6 Å². The summed E-state index contributed by atoms with van der Waals surface area (Å²) in [7, 11) is 0. The van der Waals surface area contributed by atoms with Gasteiger partial charge in [0.15, 0.2) is 0 Å². The molecule has 2 heterocycles. The van der Waals surface area contributed by atoms with Crippen LogP contribution in [-0.2, 0) is 0 Å². The molecule has 1 aromatic carbocycles. The van der Waals surface area contributed by atoms with Crippen LogP contribution in [0.2, 0.25) is 0 Å². The largest absolute Gasteiger partial charge is 0.372 e. The van der Waals surface area contributed by atoms with Gasteiger partial charge in [0.1, 0.15) is 5.69 Å². The number of aromatic nitrogens is 1. The van der Waals surface area contributed by atoms with Gasteiger partial charge in [0.05, 0.1) is 0 Å². The van der Waals surface area contributed by atoms with Crippen molar-refractivity contribution in [2.24, 2.45) is 0 Å². The summed E-state index contributed by atoms with van der Waals surface area (Å²) in [5.41, 5.74) is 2.76. The van der Waals surface area contributed by atoms with Gasteiger partial charge in [0.25, 0.3) is 5.56 Å². The van der Waals surface area contributed by atoms with Crippen molar-refractivity contribution in [1.82, 2.24) is 4.37 Å². The summed E-state index contributed by atoms with van der Waals surface area (Å²) in [6.07, 6.45) is 3.91. The molecule has 19 heavy (non-hydrogen) atoms. The van der Waals surface area contributed by atoms with Crippen LogP contribution in [-0.4, -0.2) is 17.5 Å². The van der Waals surface area contributed by atoms with Crippen LogP contribution >= 0.6 is 11.5 Å². The molecule has 4 nitrogen and oxygen atoms in total. The van der Waals surface area contributed by atoms with E-state index >= 15 is 0 Å². The number of benzene rings is 1. The maximum atomic E-state index is 11.4. The Labute approximate surface area is 116 Å². The zero-order valence-corrected chi connectivity index (χ0v) is 11.5. The molecule has 3 rings (SSSR count). The Kier molecular flexibility index (Phi) is 3.55. The molecule has 2 aromatic rings. The van der Waals surface area contributed by atoms with Crippen molar-refractivity contribution in [3.63, 3.8) is 0 Å². The van der Waals surface area contributed by atoms with Gasteiger partial charge < -0.3 is 10.2 Å². The number of hydrogen-bond donors (Lipinski definition) is 2. The molecular formula is C14H17N3OS. The highest BCUT2D eigenvalue weighted by Gasteiger charge is 2.10. The van der Waals surface area contributed by atoms with E-state index in [2.05, 4.69) is 26.7 Å². The smallest absolute Gasteiger partial charge is 0.281 e. The van der Waals surface area contributed by atoms with Crippen LogP contribution in [0, 0.1) is 0 Å². The van der Waals surface area contributed by atoms with Gasteiger partial charge in [-0.05, 0) is 43.5 Å². The molecule has 2 N–H and O–H groups in total. The fourth-order valence-corrected chi connectivity index (χ4v) is 2.96. The number of anilines is 3. The number of piperidine rings is 1. The average Bonchev–Trinajstić information content (AvgIpc) is 2.86. The first kappa shape index (κ1) is 12.3. The molecule has 100 valence electrons. The van der Waals surface area contributed by atoms with Gasteiger partial charge in [-0.1, -0.05) is 11.5 Å². The van der Waals surface area contributed by atoms with Gasteiger partial charge in [-0.3, -0.25) is 9.17 Å². The topological polar surface area (TPSA) is 48.1 Å². The lowest BCUT2D eigenvalue weighted by Crippen LogP contribution is -2.29. The monoisotopic (exact) mass is 275 g/mol. The second-order valence-corrected chi connectivity index (χ2v) is 5.48. The molecule has 1 aliphatic heterocycles. The standard InChI is InChI=1S/C14H17N3OS/c18-14-13(10-19-16-14)15-11-4-6-12(7-5-11)17-8-2-1-3-9-17/h4-7,10,15H,1-3,8-9H2,(H,16,18). The summed E-state index contributed by atoms with van der Waals surface area (Å²) in [5, 5.41) is 4.92. The van der Waals surface area contributed by atoms with Crippen LogP contribution in [0.25, 0.3) is 0 Å². The molecule has 1 fully saturated rings. The molecule has 0 spiro atoms.